The summed E-state index contributed by atoms with van der Waals surface area (Å²) in [6.45, 7) is 2.08. The van der Waals surface area contributed by atoms with Crippen LogP contribution >= 0.6 is 0 Å². The standard InChI is InChI=1S/C19H20N2O2/c1-12-18(21-17-5-3-2-4-16(17)20-12)11-23-19(22)10-15(13-6-7-13)14-8-9-14/h2-5,10,13-14H,6-9,11H2,1H3. The van der Waals surface area contributed by atoms with Crippen LogP contribution in [0.3, 0.4) is 0 Å². The van der Waals surface area contributed by atoms with Crippen molar-refractivity contribution in [1.82, 2.24) is 9.97 Å². The van der Waals surface area contributed by atoms with E-state index in [1.165, 1.54) is 31.3 Å². The fraction of sp³-hybridized carbons (Fsp3) is 0.421. The van der Waals surface area contributed by atoms with E-state index >= 15 is 0 Å². The lowest BCUT2D eigenvalue weighted by Crippen LogP contribution is -2.07. The third-order valence-corrected chi connectivity index (χ3v) is 4.58. The van der Waals surface area contributed by atoms with Gasteiger partial charge in [0.25, 0.3) is 0 Å². The number of fused-ring (bicyclic) bond motifs is 1. The molecule has 2 aliphatic rings. The summed E-state index contributed by atoms with van der Waals surface area (Å²) in [7, 11) is 0. The van der Waals surface area contributed by atoms with Crippen LogP contribution in [0.5, 0.6) is 0 Å². The van der Waals surface area contributed by atoms with Gasteiger partial charge in [0.05, 0.1) is 22.4 Å². The molecule has 4 nitrogen and oxygen atoms in total. The molecule has 2 saturated carbocycles. The van der Waals surface area contributed by atoms with Crippen LogP contribution in [0.4, 0.5) is 0 Å². The summed E-state index contributed by atoms with van der Waals surface area (Å²) in [5.41, 5.74) is 4.55. The van der Waals surface area contributed by atoms with E-state index in [1.807, 2.05) is 31.2 Å². The molecule has 23 heavy (non-hydrogen) atoms. The van der Waals surface area contributed by atoms with Crippen molar-refractivity contribution in [2.24, 2.45) is 11.8 Å². The lowest BCUT2D eigenvalue weighted by Gasteiger charge is -2.08. The summed E-state index contributed by atoms with van der Waals surface area (Å²) in [5.74, 6) is 1.03. The highest BCUT2D eigenvalue weighted by atomic mass is 16.5. The molecule has 0 aliphatic heterocycles. The van der Waals surface area contributed by atoms with E-state index in [1.54, 1.807) is 6.08 Å². The molecule has 0 unspecified atom stereocenters. The second kappa shape index (κ2) is 5.76. The van der Waals surface area contributed by atoms with E-state index < -0.39 is 0 Å². The van der Waals surface area contributed by atoms with E-state index in [4.69, 9.17) is 4.74 Å². The van der Waals surface area contributed by atoms with Crippen LogP contribution in [-0.2, 0) is 16.1 Å². The number of hydrogen-bond acceptors (Lipinski definition) is 4. The number of ether oxygens (including phenoxy) is 1. The molecule has 1 aromatic carbocycles. The van der Waals surface area contributed by atoms with Gasteiger partial charge in [-0.15, -0.1) is 0 Å². The monoisotopic (exact) mass is 308 g/mol. The first-order chi connectivity index (χ1) is 11.2. The van der Waals surface area contributed by atoms with E-state index in [0.717, 1.165) is 22.4 Å². The minimum atomic E-state index is -0.242. The van der Waals surface area contributed by atoms with Crippen LogP contribution in [0.1, 0.15) is 37.1 Å². The molecule has 1 heterocycles. The zero-order valence-electron chi connectivity index (χ0n) is 13.3. The predicted octanol–water partition coefficient (Wildman–Crippen LogP) is 3.73. The number of esters is 1. The van der Waals surface area contributed by atoms with Crippen molar-refractivity contribution < 1.29 is 9.53 Å². The van der Waals surface area contributed by atoms with Crippen molar-refractivity contribution in [1.29, 1.82) is 0 Å². The SMILES string of the molecule is Cc1nc2ccccc2nc1COC(=O)C=C(C1CC1)C1CC1. The number of allylic oxidation sites excluding steroid dienone is 1. The van der Waals surface area contributed by atoms with Crippen LogP contribution in [0.25, 0.3) is 11.0 Å². The minimum absolute atomic E-state index is 0.182. The highest BCUT2D eigenvalue weighted by molar-refractivity contribution is 5.83. The molecule has 0 amide bonds. The number of carbonyl (C=O) groups excluding carboxylic acids is 1. The second-order valence-corrected chi connectivity index (χ2v) is 6.55. The first-order valence-corrected chi connectivity index (χ1v) is 8.31. The smallest absolute Gasteiger partial charge is 0.331 e. The average Bonchev–Trinajstić information content (AvgIpc) is 3.44. The number of rotatable bonds is 5. The average molecular weight is 308 g/mol. The fourth-order valence-electron chi connectivity index (χ4n) is 2.98. The molecule has 2 aromatic rings. The number of carbonyl (C=O) groups is 1. The normalized spacial score (nSPS) is 17.1. The molecule has 2 aliphatic carbocycles. The first-order valence-electron chi connectivity index (χ1n) is 8.31. The Kier molecular flexibility index (Phi) is 3.60. The Morgan fingerprint density at radius 1 is 1.13 bits per heavy atom. The molecular formula is C19H20N2O2. The molecule has 0 N–H and O–H groups in total. The lowest BCUT2D eigenvalue weighted by molar-refractivity contribution is -0.139. The number of benzene rings is 1. The van der Waals surface area contributed by atoms with Crippen molar-refractivity contribution in [3.05, 3.63) is 47.3 Å². The molecule has 0 bridgehead atoms. The van der Waals surface area contributed by atoms with Gasteiger partial charge in [0.1, 0.15) is 6.61 Å². The van der Waals surface area contributed by atoms with E-state index in [9.17, 15) is 4.79 Å². The maximum atomic E-state index is 12.1. The van der Waals surface area contributed by atoms with Gasteiger partial charge in [-0.2, -0.15) is 0 Å². The third kappa shape index (κ3) is 3.26. The van der Waals surface area contributed by atoms with Crippen molar-refractivity contribution >= 4 is 17.0 Å². The van der Waals surface area contributed by atoms with Crippen LogP contribution in [0, 0.1) is 18.8 Å². The third-order valence-electron chi connectivity index (χ3n) is 4.58. The Morgan fingerprint density at radius 2 is 1.74 bits per heavy atom. The summed E-state index contributed by atoms with van der Waals surface area (Å²) in [5, 5.41) is 0. The number of aryl methyl sites for hydroxylation is 1. The zero-order chi connectivity index (χ0) is 15.8. The van der Waals surface area contributed by atoms with E-state index in [2.05, 4.69) is 9.97 Å². The minimum Gasteiger partial charge on any atom is -0.456 e. The van der Waals surface area contributed by atoms with Gasteiger partial charge in [0.15, 0.2) is 0 Å². The van der Waals surface area contributed by atoms with Crippen LogP contribution in [0.15, 0.2) is 35.9 Å². The topological polar surface area (TPSA) is 52.1 Å². The summed E-state index contributed by atoms with van der Waals surface area (Å²) in [6, 6.07) is 7.73. The van der Waals surface area contributed by atoms with Gasteiger partial charge in [-0.25, -0.2) is 14.8 Å². The van der Waals surface area contributed by atoms with Gasteiger partial charge in [0.2, 0.25) is 0 Å². The maximum absolute atomic E-state index is 12.1. The summed E-state index contributed by atoms with van der Waals surface area (Å²) < 4.78 is 5.43. The van der Waals surface area contributed by atoms with E-state index in [-0.39, 0.29) is 12.6 Å². The lowest BCUT2D eigenvalue weighted by atomic mass is 10.1. The molecule has 2 fully saturated rings. The quantitative estimate of drug-likeness (QED) is 0.624. The molecular weight excluding hydrogens is 288 g/mol. The Balaban J connectivity index is 1.47. The second-order valence-electron chi connectivity index (χ2n) is 6.55. The van der Waals surface area contributed by atoms with Gasteiger partial charge in [-0.1, -0.05) is 17.7 Å². The van der Waals surface area contributed by atoms with Gasteiger partial charge in [0, 0.05) is 6.08 Å². The molecule has 0 spiro atoms. The number of nitrogens with zero attached hydrogens (tertiary/aromatic N) is 2. The van der Waals surface area contributed by atoms with Crippen molar-refractivity contribution in [3.8, 4) is 0 Å². The highest BCUT2D eigenvalue weighted by Crippen LogP contribution is 2.48. The highest BCUT2D eigenvalue weighted by Gasteiger charge is 2.36. The largest absolute Gasteiger partial charge is 0.456 e. The Hall–Kier alpha value is -2.23. The number of hydrogen-bond donors (Lipinski definition) is 0. The van der Waals surface area contributed by atoms with Crippen molar-refractivity contribution in [2.75, 3.05) is 0 Å². The molecule has 1 aromatic heterocycles. The summed E-state index contributed by atoms with van der Waals surface area (Å²) in [4.78, 5) is 21.2. The zero-order valence-corrected chi connectivity index (χ0v) is 13.3. The molecule has 118 valence electrons. The van der Waals surface area contributed by atoms with Crippen molar-refractivity contribution in [3.63, 3.8) is 0 Å². The molecule has 0 radical (unpaired) electrons. The van der Waals surface area contributed by atoms with Crippen LogP contribution < -0.4 is 0 Å². The molecule has 0 saturated heterocycles. The molecule has 4 rings (SSSR count). The van der Waals surface area contributed by atoms with Gasteiger partial charge < -0.3 is 4.74 Å². The maximum Gasteiger partial charge on any atom is 0.331 e. The Labute approximate surface area is 135 Å². The van der Waals surface area contributed by atoms with Crippen LogP contribution in [0.2, 0.25) is 0 Å². The Bertz CT molecular complexity index is 775. The van der Waals surface area contributed by atoms with Gasteiger partial charge >= 0.3 is 5.97 Å². The van der Waals surface area contributed by atoms with Crippen LogP contribution in [-0.4, -0.2) is 15.9 Å². The summed E-state index contributed by atoms with van der Waals surface area (Å²) in [6.07, 6.45) is 6.64. The first kappa shape index (κ1) is 14.4. The fourth-order valence-corrected chi connectivity index (χ4v) is 2.98. The predicted molar refractivity (Wildman–Crippen MR) is 87.6 cm³/mol. The number of aromatic nitrogens is 2. The Morgan fingerprint density at radius 3 is 2.35 bits per heavy atom. The number of para-hydroxylation sites is 2. The summed E-state index contributed by atoms with van der Waals surface area (Å²) >= 11 is 0. The van der Waals surface area contributed by atoms with E-state index in [0.29, 0.717) is 11.8 Å². The molecule has 0 atom stereocenters. The van der Waals surface area contributed by atoms with Gasteiger partial charge in [-0.3, -0.25) is 0 Å². The molecule has 4 heteroatoms. The van der Waals surface area contributed by atoms with Gasteiger partial charge in [-0.05, 0) is 56.6 Å². The van der Waals surface area contributed by atoms with Crippen molar-refractivity contribution in [2.45, 2.75) is 39.2 Å².